The highest BCUT2D eigenvalue weighted by Gasteiger charge is 2.30. The molecule has 0 spiro atoms. The van der Waals surface area contributed by atoms with Crippen molar-refractivity contribution in [3.63, 3.8) is 0 Å². The molecular formula is C37H54ClN5O2. The lowest BCUT2D eigenvalue weighted by Gasteiger charge is -2.37. The van der Waals surface area contributed by atoms with Crippen LogP contribution in [0.15, 0.2) is 42.5 Å². The van der Waals surface area contributed by atoms with Crippen LogP contribution in [0.4, 0.5) is 0 Å². The average molecular weight is 636 g/mol. The Hall–Kier alpha value is -2.61. The fourth-order valence-corrected chi connectivity index (χ4v) is 7.47. The van der Waals surface area contributed by atoms with E-state index in [1.165, 1.54) is 75.7 Å². The summed E-state index contributed by atoms with van der Waals surface area (Å²) in [6.07, 6.45) is 10.8. The number of aryl methyl sites for hydroxylation is 2. The highest BCUT2D eigenvalue weighted by atomic mass is 35.5. The maximum Gasteiger partial charge on any atom is 0.239 e. The van der Waals surface area contributed by atoms with E-state index in [-0.39, 0.29) is 6.04 Å². The van der Waals surface area contributed by atoms with Gasteiger partial charge in [0.15, 0.2) is 0 Å². The number of nitrogens with zero attached hydrogens (tertiary/aromatic N) is 5. The zero-order valence-electron chi connectivity index (χ0n) is 27.9. The van der Waals surface area contributed by atoms with Gasteiger partial charge in [-0.25, -0.2) is 4.98 Å². The minimum absolute atomic E-state index is 0.103. The van der Waals surface area contributed by atoms with Crippen molar-refractivity contribution in [1.29, 1.82) is 0 Å². The van der Waals surface area contributed by atoms with Gasteiger partial charge in [0.1, 0.15) is 18.2 Å². The van der Waals surface area contributed by atoms with E-state index in [0.717, 1.165) is 68.6 Å². The normalized spacial score (nSPS) is 18.4. The van der Waals surface area contributed by atoms with Crippen molar-refractivity contribution in [2.45, 2.75) is 97.8 Å². The van der Waals surface area contributed by atoms with Crippen molar-refractivity contribution in [1.82, 2.24) is 24.3 Å². The molecule has 2 aliphatic heterocycles. The van der Waals surface area contributed by atoms with Gasteiger partial charge in [0.25, 0.3) is 0 Å². The van der Waals surface area contributed by atoms with Gasteiger partial charge < -0.3 is 19.1 Å². The van der Waals surface area contributed by atoms with E-state index in [2.05, 4.69) is 53.3 Å². The third-order valence-corrected chi connectivity index (χ3v) is 10.3. The van der Waals surface area contributed by atoms with E-state index >= 15 is 0 Å². The molecule has 1 aromatic heterocycles. The van der Waals surface area contributed by atoms with Crippen LogP contribution in [0.3, 0.4) is 0 Å². The van der Waals surface area contributed by atoms with Crippen LogP contribution in [0.5, 0.6) is 5.75 Å². The lowest BCUT2D eigenvalue weighted by molar-refractivity contribution is -0.138. The number of ether oxygens (including phenoxy) is 1. The number of amides is 1. The Morgan fingerprint density at radius 2 is 1.69 bits per heavy atom. The summed E-state index contributed by atoms with van der Waals surface area (Å²) in [6.45, 7) is 15.1. The molecule has 0 N–H and O–H groups in total. The number of hydrogen-bond donors (Lipinski definition) is 0. The second-order valence-electron chi connectivity index (χ2n) is 13.1. The number of piperidine rings is 2. The number of likely N-dealkylation sites (tertiary alicyclic amines) is 2. The van der Waals surface area contributed by atoms with Crippen LogP contribution in [0.2, 0.25) is 5.02 Å². The zero-order valence-corrected chi connectivity index (χ0v) is 28.6. The lowest BCUT2D eigenvalue weighted by atomic mass is 9.92. The van der Waals surface area contributed by atoms with Crippen molar-refractivity contribution in [3.8, 4) is 5.75 Å². The Bertz CT molecular complexity index is 1350. The number of para-hydroxylation sites is 1. The van der Waals surface area contributed by atoms with Gasteiger partial charge in [-0.3, -0.25) is 9.69 Å². The third kappa shape index (κ3) is 9.02. The van der Waals surface area contributed by atoms with E-state index < -0.39 is 0 Å². The maximum atomic E-state index is 13.1. The van der Waals surface area contributed by atoms with Gasteiger partial charge in [0.05, 0.1) is 17.1 Å². The molecule has 2 fully saturated rings. The van der Waals surface area contributed by atoms with Gasteiger partial charge in [-0.2, -0.15) is 0 Å². The molecule has 0 aliphatic carbocycles. The first-order valence-corrected chi connectivity index (χ1v) is 17.9. The van der Waals surface area contributed by atoms with E-state index in [9.17, 15) is 4.79 Å². The number of rotatable bonds is 15. The summed E-state index contributed by atoms with van der Waals surface area (Å²) in [7, 11) is 0. The molecule has 3 heterocycles. The third-order valence-electron chi connectivity index (χ3n) is 10.1. The van der Waals surface area contributed by atoms with E-state index in [4.69, 9.17) is 21.3 Å². The van der Waals surface area contributed by atoms with E-state index in [1.54, 1.807) is 0 Å². The van der Waals surface area contributed by atoms with Gasteiger partial charge in [-0.15, -0.1) is 0 Å². The number of likely N-dealkylation sites (N-methyl/N-ethyl adjacent to an activating group) is 1. The molecule has 45 heavy (non-hydrogen) atoms. The standard InChI is InChI=1S/C37H54ClN5O2/c1-4-41(5-2)37(44)34-14-6-7-23-42(34)24-9-8-22-40-26-20-30(21-27-40)13-11-25-43-33-15-10-12-29(3)36(33)39-35(43)28-45-32-18-16-31(38)17-19-32/h10,12,15-19,30,34H,4-9,11,13-14,20-28H2,1-3H3. The second kappa shape index (κ2) is 16.8. The van der Waals surface area contributed by atoms with Crippen LogP contribution >= 0.6 is 11.6 Å². The topological polar surface area (TPSA) is 53.8 Å². The predicted octanol–water partition coefficient (Wildman–Crippen LogP) is 7.57. The number of carbonyl (C=O) groups is 1. The molecule has 1 unspecified atom stereocenters. The molecular weight excluding hydrogens is 582 g/mol. The van der Waals surface area contributed by atoms with Gasteiger partial charge in [-0.05, 0) is 147 Å². The molecule has 5 rings (SSSR count). The smallest absolute Gasteiger partial charge is 0.239 e. The Labute approximate surface area is 275 Å². The van der Waals surface area contributed by atoms with Gasteiger partial charge in [0, 0.05) is 24.7 Å². The Balaban J connectivity index is 1.04. The highest BCUT2D eigenvalue weighted by Crippen LogP contribution is 2.26. The van der Waals surface area contributed by atoms with E-state index in [0.29, 0.717) is 17.5 Å². The SMILES string of the molecule is CCN(CC)C(=O)C1CCCCN1CCCCN1CCC(CCCn2c(COc3ccc(Cl)cc3)nc3c(C)cccc32)CC1. The summed E-state index contributed by atoms with van der Waals surface area (Å²) in [5, 5.41) is 0.710. The molecule has 3 aromatic rings. The average Bonchev–Trinajstić information content (AvgIpc) is 3.42. The van der Waals surface area contributed by atoms with Crippen LogP contribution in [0, 0.1) is 12.8 Å². The fraction of sp³-hybridized carbons (Fsp3) is 0.622. The molecule has 2 aromatic carbocycles. The van der Waals surface area contributed by atoms with Crippen molar-refractivity contribution >= 4 is 28.5 Å². The Morgan fingerprint density at radius 3 is 2.44 bits per heavy atom. The fourth-order valence-electron chi connectivity index (χ4n) is 7.35. The first-order chi connectivity index (χ1) is 22.0. The molecule has 2 saturated heterocycles. The molecule has 1 atom stereocenters. The number of carbonyl (C=O) groups excluding carboxylic acids is 1. The minimum atomic E-state index is 0.103. The predicted molar refractivity (Wildman–Crippen MR) is 185 cm³/mol. The van der Waals surface area contributed by atoms with Crippen molar-refractivity contribution < 1.29 is 9.53 Å². The van der Waals surface area contributed by atoms with Crippen LogP contribution in [-0.4, -0.2) is 82.0 Å². The Kier molecular flexibility index (Phi) is 12.6. The summed E-state index contributed by atoms with van der Waals surface area (Å²) < 4.78 is 8.48. The quantitative estimate of drug-likeness (QED) is 0.161. The van der Waals surface area contributed by atoms with E-state index in [1.807, 2.05) is 29.2 Å². The van der Waals surface area contributed by atoms with Crippen LogP contribution in [-0.2, 0) is 17.9 Å². The van der Waals surface area contributed by atoms with Gasteiger partial charge in [-0.1, -0.05) is 30.2 Å². The van der Waals surface area contributed by atoms with Gasteiger partial charge >= 0.3 is 0 Å². The number of halogens is 1. The zero-order chi connectivity index (χ0) is 31.6. The largest absolute Gasteiger partial charge is 0.486 e. The van der Waals surface area contributed by atoms with Crippen molar-refractivity contribution in [2.75, 3.05) is 45.8 Å². The summed E-state index contributed by atoms with van der Waals surface area (Å²) in [5.74, 6) is 2.94. The molecule has 0 bridgehead atoms. The monoisotopic (exact) mass is 635 g/mol. The summed E-state index contributed by atoms with van der Waals surface area (Å²) >= 11 is 6.05. The van der Waals surface area contributed by atoms with Crippen LogP contribution < -0.4 is 4.74 Å². The molecule has 0 saturated carbocycles. The highest BCUT2D eigenvalue weighted by molar-refractivity contribution is 6.30. The summed E-state index contributed by atoms with van der Waals surface area (Å²) in [4.78, 5) is 25.2. The molecule has 246 valence electrons. The van der Waals surface area contributed by atoms with Crippen molar-refractivity contribution in [2.24, 2.45) is 5.92 Å². The van der Waals surface area contributed by atoms with Crippen molar-refractivity contribution in [3.05, 3.63) is 58.9 Å². The number of hydrogen-bond acceptors (Lipinski definition) is 5. The first kappa shape index (κ1) is 33.7. The van der Waals surface area contributed by atoms with Crippen LogP contribution in [0.25, 0.3) is 11.0 Å². The molecule has 8 heteroatoms. The van der Waals surface area contributed by atoms with Crippen LogP contribution in [0.1, 0.15) is 83.0 Å². The second-order valence-corrected chi connectivity index (χ2v) is 13.5. The van der Waals surface area contributed by atoms with Gasteiger partial charge in [0.2, 0.25) is 5.91 Å². The maximum absolute atomic E-state index is 13.1. The number of benzene rings is 2. The number of aromatic nitrogens is 2. The molecule has 1 amide bonds. The summed E-state index contributed by atoms with van der Waals surface area (Å²) in [5.41, 5.74) is 3.48. The minimum Gasteiger partial charge on any atom is -0.486 e. The number of unbranched alkanes of at least 4 members (excludes halogenated alkanes) is 1. The number of fused-ring (bicyclic) bond motifs is 1. The molecule has 0 radical (unpaired) electrons. The Morgan fingerprint density at radius 1 is 0.933 bits per heavy atom. The lowest BCUT2D eigenvalue weighted by Crippen LogP contribution is -2.51. The summed E-state index contributed by atoms with van der Waals surface area (Å²) in [6, 6.07) is 14.1. The molecule has 7 nitrogen and oxygen atoms in total. The first-order valence-electron chi connectivity index (χ1n) is 17.5. The molecule has 2 aliphatic rings. The number of imidazole rings is 1.